The number of carbonyl (C=O) groups is 1. The maximum absolute atomic E-state index is 12.4. The molecule has 92 valence electrons. The molecular formula is C13H24N2O. The van der Waals surface area contributed by atoms with Gasteiger partial charge >= 0.3 is 0 Å². The number of nitrogens with two attached hydrogens (primary N) is 1. The van der Waals surface area contributed by atoms with Crippen LogP contribution >= 0.6 is 0 Å². The molecule has 3 nitrogen and oxygen atoms in total. The smallest absolute Gasteiger partial charge is 0.226 e. The lowest BCUT2D eigenvalue weighted by Gasteiger charge is -2.27. The Labute approximate surface area is 98.4 Å². The maximum Gasteiger partial charge on any atom is 0.226 e. The fourth-order valence-corrected chi connectivity index (χ4v) is 2.87. The number of hydrogen-bond acceptors (Lipinski definition) is 2. The van der Waals surface area contributed by atoms with E-state index in [-0.39, 0.29) is 5.92 Å². The van der Waals surface area contributed by atoms with Crippen LogP contribution in [0.3, 0.4) is 0 Å². The molecule has 2 fully saturated rings. The second-order valence-corrected chi connectivity index (χ2v) is 5.35. The van der Waals surface area contributed by atoms with E-state index in [0.717, 1.165) is 31.8 Å². The number of rotatable bonds is 5. The fraction of sp³-hybridized carbons (Fsp3) is 0.923. The summed E-state index contributed by atoms with van der Waals surface area (Å²) in [6, 6.07) is 0. The van der Waals surface area contributed by atoms with Gasteiger partial charge in [0.05, 0.1) is 0 Å². The van der Waals surface area contributed by atoms with Crippen LogP contribution in [0.5, 0.6) is 0 Å². The largest absolute Gasteiger partial charge is 0.342 e. The Kier molecular flexibility index (Phi) is 3.85. The Morgan fingerprint density at radius 2 is 2.06 bits per heavy atom. The van der Waals surface area contributed by atoms with Crippen LogP contribution in [-0.2, 0) is 4.79 Å². The average Bonchev–Trinajstić information content (AvgIpc) is 2.99. The molecule has 0 saturated heterocycles. The zero-order valence-corrected chi connectivity index (χ0v) is 10.3. The van der Waals surface area contributed by atoms with Gasteiger partial charge in [0.25, 0.3) is 0 Å². The molecule has 0 spiro atoms. The monoisotopic (exact) mass is 224 g/mol. The minimum Gasteiger partial charge on any atom is -0.342 e. The molecule has 0 bridgehead atoms. The van der Waals surface area contributed by atoms with Gasteiger partial charge in [-0.25, -0.2) is 0 Å². The molecule has 2 aliphatic rings. The maximum atomic E-state index is 12.4. The molecule has 0 heterocycles. The van der Waals surface area contributed by atoms with E-state index in [2.05, 4.69) is 11.8 Å². The number of hydrogen-bond donors (Lipinski definition) is 1. The lowest BCUT2D eigenvalue weighted by molar-refractivity contribution is -0.136. The molecule has 0 radical (unpaired) electrons. The summed E-state index contributed by atoms with van der Waals surface area (Å²) in [4.78, 5) is 14.4. The van der Waals surface area contributed by atoms with Crippen molar-refractivity contribution in [2.75, 3.05) is 19.6 Å². The van der Waals surface area contributed by atoms with Crippen LogP contribution in [0, 0.1) is 17.8 Å². The first kappa shape index (κ1) is 11.9. The van der Waals surface area contributed by atoms with Gasteiger partial charge in [-0.05, 0) is 51.0 Å². The molecule has 0 aliphatic heterocycles. The van der Waals surface area contributed by atoms with E-state index in [1.54, 1.807) is 0 Å². The van der Waals surface area contributed by atoms with Crippen molar-refractivity contribution in [1.82, 2.24) is 4.90 Å². The second kappa shape index (κ2) is 5.17. The molecule has 1 amide bonds. The van der Waals surface area contributed by atoms with E-state index in [0.29, 0.717) is 18.4 Å². The molecule has 2 N–H and O–H groups in total. The zero-order valence-electron chi connectivity index (χ0n) is 10.3. The lowest BCUT2D eigenvalue weighted by atomic mass is 9.94. The van der Waals surface area contributed by atoms with E-state index in [1.807, 2.05) is 0 Å². The van der Waals surface area contributed by atoms with E-state index >= 15 is 0 Å². The van der Waals surface area contributed by atoms with Crippen LogP contribution in [-0.4, -0.2) is 30.4 Å². The van der Waals surface area contributed by atoms with Crippen molar-refractivity contribution in [3.8, 4) is 0 Å². The zero-order chi connectivity index (χ0) is 11.5. The van der Waals surface area contributed by atoms with Gasteiger partial charge < -0.3 is 10.6 Å². The van der Waals surface area contributed by atoms with Gasteiger partial charge in [0, 0.05) is 19.0 Å². The predicted molar refractivity (Wildman–Crippen MR) is 64.9 cm³/mol. The van der Waals surface area contributed by atoms with Gasteiger partial charge in [0.1, 0.15) is 0 Å². The quantitative estimate of drug-likeness (QED) is 0.771. The summed E-state index contributed by atoms with van der Waals surface area (Å²) >= 11 is 0. The van der Waals surface area contributed by atoms with Gasteiger partial charge in [-0.3, -0.25) is 4.79 Å². The van der Waals surface area contributed by atoms with E-state index in [9.17, 15) is 4.79 Å². The summed E-state index contributed by atoms with van der Waals surface area (Å²) in [5.41, 5.74) is 5.75. The number of carbonyl (C=O) groups excluding carboxylic acids is 1. The predicted octanol–water partition coefficient (Wildman–Crippen LogP) is 1.62. The first-order valence-electron chi connectivity index (χ1n) is 6.75. The van der Waals surface area contributed by atoms with Crippen LogP contribution in [0.15, 0.2) is 0 Å². The summed E-state index contributed by atoms with van der Waals surface area (Å²) < 4.78 is 0. The van der Waals surface area contributed by atoms with Crippen molar-refractivity contribution < 1.29 is 4.79 Å². The number of nitrogens with zero attached hydrogens (tertiary/aromatic N) is 1. The van der Waals surface area contributed by atoms with Crippen LogP contribution in [0.4, 0.5) is 0 Å². The van der Waals surface area contributed by atoms with Crippen LogP contribution in [0.1, 0.15) is 39.0 Å². The molecular weight excluding hydrogens is 200 g/mol. The fourth-order valence-electron chi connectivity index (χ4n) is 2.87. The first-order chi connectivity index (χ1) is 7.76. The second-order valence-electron chi connectivity index (χ2n) is 5.35. The standard InChI is InChI=1S/C13H24N2O/c1-2-15(9-10-6-7-10)13(16)12-5-3-4-11(12)8-14/h10-12H,2-9,14H2,1H3. The third kappa shape index (κ3) is 2.57. The molecule has 2 unspecified atom stereocenters. The molecule has 16 heavy (non-hydrogen) atoms. The average molecular weight is 224 g/mol. The highest BCUT2D eigenvalue weighted by atomic mass is 16.2. The van der Waals surface area contributed by atoms with Crippen molar-refractivity contribution >= 4 is 5.91 Å². The van der Waals surface area contributed by atoms with Gasteiger partial charge in [0.15, 0.2) is 0 Å². The Bertz CT molecular complexity index is 250. The normalized spacial score (nSPS) is 29.4. The summed E-state index contributed by atoms with van der Waals surface area (Å²) in [6.07, 6.45) is 6.01. The van der Waals surface area contributed by atoms with Crippen molar-refractivity contribution in [2.24, 2.45) is 23.5 Å². The summed E-state index contributed by atoms with van der Waals surface area (Å²) in [5.74, 6) is 1.84. The van der Waals surface area contributed by atoms with Crippen molar-refractivity contribution in [3.05, 3.63) is 0 Å². The van der Waals surface area contributed by atoms with Crippen molar-refractivity contribution in [3.63, 3.8) is 0 Å². The number of amides is 1. The molecule has 2 saturated carbocycles. The third-order valence-electron chi connectivity index (χ3n) is 4.15. The van der Waals surface area contributed by atoms with Gasteiger partial charge in [-0.2, -0.15) is 0 Å². The molecule has 2 atom stereocenters. The Hall–Kier alpha value is -0.570. The van der Waals surface area contributed by atoms with Crippen molar-refractivity contribution in [2.45, 2.75) is 39.0 Å². The van der Waals surface area contributed by atoms with Gasteiger partial charge in [-0.1, -0.05) is 6.42 Å². The highest BCUT2D eigenvalue weighted by molar-refractivity contribution is 5.79. The summed E-state index contributed by atoms with van der Waals surface area (Å²) in [7, 11) is 0. The molecule has 2 aliphatic carbocycles. The van der Waals surface area contributed by atoms with Crippen LogP contribution in [0.2, 0.25) is 0 Å². The van der Waals surface area contributed by atoms with E-state index in [4.69, 9.17) is 5.73 Å². The molecule has 2 rings (SSSR count). The molecule has 0 aromatic rings. The molecule has 3 heteroatoms. The Morgan fingerprint density at radius 1 is 1.31 bits per heavy atom. The highest BCUT2D eigenvalue weighted by Crippen LogP contribution is 2.34. The van der Waals surface area contributed by atoms with Gasteiger partial charge in [0.2, 0.25) is 5.91 Å². The van der Waals surface area contributed by atoms with Gasteiger partial charge in [-0.15, -0.1) is 0 Å². The minimum atomic E-state index is 0.226. The first-order valence-corrected chi connectivity index (χ1v) is 6.75. The minimum absolute atomic E-state index is 0.226. The summed E-state index contributed by atoms with van der Waals surface area (Å²) in [6.45, 7) is 4.62. The van der Waals surface area contributed by atoms with Crippen LogP contribution in [0.25, 0.3) is 0 Å². The topological polar surface area (TPSA) is 46.3 Å². The molecule has 0 aromatic carbocycles. The Morgan fingerprint density at radius 3 is 2.62 bits per heavy atom. The Balaban J connectivity index is 1.92. The van der Waals surface area contributed by atoms with E-state index < -0.39 is 0 Å². The molecule has 0 aromatic heterocycles. The SMILES string of the molecule is CCN(CC1CC1)C(=O)C1CCCC1CN. The van der Waals surface area contributed by atoms with E-state index in [1.165, 1.54) is 19.3 Å². The summed E-state index contributed by atoms with van der Waals surface area (Å²) in [5, 5.41) is 0. The van der Waals surface area contributed by atoms with Crippen molar-refractivity contribution in [1.29, 1.82) is 0 Å². The van der Waals surface area contributed by atoms with Crippen LogP contribution < -0.4 is 5.73 Å². The lowest BCUT2D eigenvalue weighted by Crippen LogP contribution is -2.40. The third-order valence-corrected chi connectivity index (χ3v) is 4.15. The highest BCUT2D eigenvalue weighted by Gasteiger charge is 2.35.